The number of aryl methyl sites for hydroxylation is 2. The second kappa shape index (κ2) is 8.20. The lowest BCUT2D eigenvalue weighted by Gasteiger charge is -2.19. The van der Waals surface area contributed by atoms with Crippen molar-refractivity contribution < 1.29 is 4.79 Å². The van der Waals surface area contributed by atoms with Gasteiger partial charge in [-0.3, -0.25) is 4.79 Å². The molecule has 0 aromatic carbocycles. The molecule has 136 valence electrons. The van der Waals surface area contributed by atoms with Crippen LogP contribution in [0, 0.1) is 13.8 Å². The van der Waals surface area contributed by atoms with Gasteiger partial charge in [-0.2, -0.15) is 4.98 Å². The molecular weight excluding hydrogens is 390 g/mol. The number of hydrogen-bond donors (Lipinski definition) is 0. The molecule has 0 aliphatic rings. The first-order chi connectivity index (χ1) is 12.5. The molecule has 0 aliphatic carbocycles. The van der Waals surface area contributed by atoms with E-state index in [4.69, 9.17) is 11.6 Å². The van der Waals surface area contributed by atoms with Crippen LogP contribution in [0.4, 0.5) is 0 Å². The molecule has 0 bridgehead atoms. The molecule has 9 heteroatoms. The van der Waals surface area contributed by atoms with Crippen LogP contribution in [0.5, 0.6) is 0 Å². The van der Waals surface area contributed by atoms with E-state index in [9.17, 15) is 4.79 Å². The number of thioether (sulfide) groups is 1. The van der Waals surface area contributed by atoms with E-state index in [2.05, 4.69) is 21.6 Å². The summed E-state index contributed by atoms with van der Waals surface area (Å²) in [6, 6.07) is 5.72. The molecule has 0 radical (unpaired) electrons. The van der Waals surface area contributed by atoms with Crippen molar-refractivity contribution >= 4 is 46.4 Å². The Morgan fingerprint density at radius 1 is 1.42 bits per heavy atom. The molecule has 0 unspecified atom stereocenters. The summed E-state index contributed by atoms with van der Waals surface area (Å²) in [4.78, 5) is 24.1. The SMILES string of the molecule is C=CCN(Cc1ccc(Cl)s1)C(=O)CSc1nc2nc(C)cc(C)n2n1. The third-order valence-electron chi connectivity index (χ3n) is 3.60. The number of hydrogen-bond acceptors (Lipinski definition) is 6. The predicted octanol–water partition coefficient (Wildman–Crippen LogP) is 3.76. The van der Waals surface area contributed by atoms with Crippen molar-refractivity contribution in [2.45, 2.75) is 25.5 Å². The van der Waals surface area contributed by atoms with Gasteiger partial charge in [0.1, 0.15) is 0 Å². The fraction of sp³-hybridized carbons (Fsp3) is 0.294. The number of amides is 1. The zero-order valence-electron chi connectivity index (χ0n) is 14.5. The Labute approximate surface area is 164 Å². The number of carbonyl (C=O) groups excluding carboxylic acids is 1. The van der Waals surface area contributed by atoms with Crippen LogP contribution in [-0.4, -0.2) is 42.7 Å². The van der Waals surface area contributed by atoms with Crippen LogP contribution < -0.4 is 0 Å². The Balaban J connectivity index is 1.67. The average molecular weight is 408 g/mol. The highest BCUT2D eigenvalue weighted by Crippen LogP contribution is 2.23. The molecule has 0 atom stereocenters. The number of fused-ring (bicyclic) bond motifs is 1. The highest BCUT2D eigenvalue weighted by atomic mass is 35.5. The summed E-state index contributed by atoms with van der Waals surface area (Å²) in [5.74, 6) is 0.801. The molecule has 0 aliphatic heterocycles. The Hall–Kier alpha value is -1.90. The minimum atomic E-state index is -0.000796. The van der Waals surface area contributed by atoms with Gasteiger partial charge in [-0.05, 0) is 32.0 Å². The van der Waals surface area contributed by atoms with Gasteiger partial charge >= 0.3 is 0 Å². The topological polar surface area (TPSA) is 63.4 Å². The predicted molar refractivity (Wildman–Crippen MR) is 106 cm³/mol. The highest BCUT2D eigenvalue weighted by Gasteiger charge is 2.16. The lowest BCUT2D eigenvalue weighted by Crippen LogP contribution is -2.31. The number of thiophene rings is 1. The first-order valence-electron chi connectivity index (χ1n) is 7.93. The molecule has 3 aromatic heterocycles. The third-order valence-corrected chi connectivity index (χ3v) is 5.64. The molecule has 3 aromatic rings. The molecule has 0 fully saturated rings. The zero-order valence-corrected chi connectivity index (χ0v) is 16.9. The Morgan fingerprint density at radius 3 is 2.92 bits per heavy atom. The monoisotopic (exact) mass is 407 g/mol. The maximum absolute atomic E-state index is 12.6. The van der Waals surface area contributed by atoms with E-state index >= 15 is 0 Å². The molecular formula is C17H18ClN5OS2. The van der Waals surface area contributed by atoms with E-state index in [1.54, 1.807) is 15.5 Å². The quantitative estimate of drug-likeness (QED) is 0.440. The molecule has 0 saturated heterocycles. The summed E-state index contributed by atoms with van der Waals surface area (Å²) in [5, 5.41) is 4.96. The molecule has 0 spiro atoms. The van der Waals surface area contributed by atoms with Crippen molar-refractivity contribution in [3.05, 3.63) is 51.5 Å². The van der Waals surface area contributed by atoms with Crippen LogP contribution in [0.3, 0.4) is 0 Å². The number of halogens is 1. The van der Waals surface area contributed by atoms with Gasteiger partial charge < -0.3 is 4.90 Å². The molecule has 0 N–H and O–H groups in total. The van der Waals surface area contributed by atoms with Gasteiger partial charge in [0.25, 0.3) is 5.78 Å². The lowest BCUT2D eigenvalue weighted by atomic mass is 10.4. The smallest absolute Gasteiger partial charge is 0.253 e. The van der Waals surface area contributed by atoms with E-state index in [1.165, 1.54) is 23.1 Å². The van der Waals surface area contributed by atoms with Crippen molar-refractivity contribution in [3.63, 3.8) is 0 Å². The molecule has 0 saturated carbocycles. The fourth-order valence-electron chi connectivity index (χ4n) is 2.46. The first-order valence-corrected chi connectivity index (χ1v) is 10.1. The van der Waals surface area contributed by atoms with E-state index in [0.717, 1.165) is 16.3 Å². The van der Waals surface area contributed by atoms with Gasteiger partial charge in [0.05, 0.1) is 16.6 Å². The summed E-state index contributed by atoms with van der Waals surface area (Å²) in [7, 11) is 0. The Bertz CT molecular complexity index is 952. The molecule has 1 amide bonds. The minimum Gasteiger partial charge on any atom is -0.333 e. The fourth-order valence-corrected chi connectivity index (χ4v) is 4.29. The largest absolute Gasteiger partial charge is 0.333 e. The lowest BCUT2D eigenvalue weighted by molar-refractivity contribution is -0.128. The van der Waals surface area contributed by atoms with Crippen molar-refractivity contribution in [1.29, 1.82) is 0 Å². The second-order valence-corrected chi connectivity index (χ2v) is 8.44. The van der Waals surface area contributed by atoms with Gasteiger partial charge in [0.15, 0.2) is 0 Å². The van der Waals surface area contributed by atoms with Crippen molar-refractivity contribution in [2.24, 2.45) is 0 Å². The van der Waals surface area contributed by atoms with E-state index in [1.807, 2.05) is 32.0 Å². The Morgan fingerprint density at radius 2 is 2.23 bits per heavy atom. The van der Waals surface area contributed by atoms with Crippen LogP contribution in [0.2, 0.25) is 4.34 Å². The number of carbonyl (C=O) groups is 1. The zero-order chi connectivity index (χ0) is 18.7. The standard InChI is InChI=1S/C17H18ClN5OS2/c1-4-7-22(9-13-5-6-14(18)26-13)15(24)10-25-17-20-16-19-11(2)8-12(3)23(16)21-17/h4-6,8H,1,7,9-10H2,2-3H3. The van der Waals surface area contributed by atoms with Crippen molar-refractivity contribution in [1.82, 2.24) is 24.5 Å². The number of rotatable bonds is 7. The van der Waals surface area contributed by atoms with Crippen LogP contribution in [0.25, 0.3) is 5.78 Å². The van der Waals surface area contributed by atoms with Gasteiger partial charge in [-0.1, -0.05) is 29.4 Å². The van der Waals surface area contributed by atoms with Crippen LogP contribution in [0.15, 0.2) is 36.0 Å². The molecule has 26 heavy (non-hydrogen) atoms. The van der Waals surface area contributed by atoms with Gasteiger partial charge in [0, 0.05) is 22.8 Å². The number of aromatic nitrogens is 4. The Kier molecular flexibility index (Phi) is 5.95. The highest BCUT2D eigenvalue weighted by molar-refractivity contribution is 7.99. The summed E-state index contributed by atoms with van der Waals surface area (Å²) in [6.07, 6.45) is 1.72. The summed E-state index contributed by atoms with van der Waals surface area (Å²) >= 11 is 8.75. The van der Waals surface area contributed by atoms with Gasteiger partial charge in [-0.25, -0.2) is 9.50 Å². The van der Waals surface area contributed by atoms with E-state index in [-0.39, 0.29) is 11.7 Å². The second-order valence-electron chi connectivity index (χ2n) is 5.70. The molecule has 3 rings (SSSR count). The minimum absolute atomic E-state index is 0.000796. The van der Waals surface area contributed by atoms with Gasteiger partial charge in [-0.15, -0.1) is 23.0 Å². The van der Waals surface area contributed by atoms with Gasteiger partial charge in [0.2, 0.25) is 11.1 Å². The molecule has 6 nitrogen and oxygen atoms in total. The van der Waals surface area contributed by atoms with Crippen LogP contribution >= 0.6 is 34.7 Å². The normalized spacial score (nSPS) is 11.0. The van der Waals surface area contributed by atoms with Crippen LogP contribution in [-0.2, 0) is 11.3 Å². The van der Waals surface area contributed by atoms with E-state index < -0.39 is 0 Å². The average Bonchev–Trinajstić information content (AvgIpc) is 3.18. The summed E-state index contributed by atoms with van der Waals surface area (Å²) in [6.45, 7) is 8.60. The maximum Gasteiger partial charge on any atom is 0.253 e. The third kappa shape index (κ3) is 4.44. The maximum atomic E-state index is 12.6. The summed E-state index contributed by atoms with van der Waals surface area (Å²) in [5.41, 5.74) is 1.85. The first kappa shape index (κ1) is 18.9. The summed E-state index contributed by atoms with van der Waals surface area (Å²) < 4.78 is 2.40. The van der Waals surface area contributed by atoms with Crippen molar-refractivity contribution in [2.75, 3.05) is 12.3 Å². The van der Waals surface area contributed by atoms with Crippen molar-refractivity contribution in [3.8, 4) is 0 Å². The number of nitrogens with zero attached hydrogens (tertiary/aromatic N) is 5. The molecule has 3 heterocycles. The van der Waals surface area contributed by atoms with Crippen LogP contribution in [0.1, 0.15) is 16.3 Å². The van der Waals surface area contributed by atoms with E-state index in [0.29, 0.717) is 28.4 Å².